The highest BCUT2D eigenvalue weighted by atomic mass is 15.2. The molecule has 2 heteroatoms. The van der Waals surface area contributed by atoms with Crippen molar-refractivity contribution in [2.75, 3.05) is 19.6 Å². The molecule has 1 heterocycles. The van der Waals surface area contributed by atoms with Crippen LogP contribution in [0.4, 0.5) is 0 Å². The van der Waals surface area contributed by atoms with Gasteiger partial charge < -0.3 is 10.6 Å². The Morgan fingerprint density at radius 3 is 2.00 bits per heavy atom. The number of likely N-dealkylation sites (tertiary alicyclic amines) is 1. The summed E-state index contributed by atoms with van der Waals surface area (Å²) in [6, 6.07) is 0.909. The van der Waals surface area contributed by atoms with Crippen LogP contribution in [0.25, 0.3) is 0 Å². The maximum Gasteiger partial charge on any atom is 0.00952 e. The van der Waals surface area contributed by atoms with E-state index in [2.05, 4.69) is 4.90 Å². The van der Waals surface area contributed by atoms with Gasteiger partial charge in [-0.1, -0.05) is 25.7 Å². The normalized spacial score (nSPS) is 27.8. The lowest BCUT2D eigenvalue weighted by molar-refractivity contribution is 0.123. The van der Waals surface area contributed by atoms with Gasteiger partial charge in [-0.15, -0.1) is 0 Å². The SMILES string of the molecule is NCC1CCN(C2CCCCCC2)CC1. The van der Waals surface area contributed by atoms with Crippen LogP contribution in [-0.2, 0) is 0 Å². The van der Waals surface area contributed by atoms with Crippen LogP contribution in [0.1, 0.15) is 51.4 Å². The van der Waals surface area contributed by atoms with Gasteiger partial charge in [0, 0.05) is 6.04 Å². The molecule has 88 valence electrons. The lowest BCUT2D eigenvalue weighted by atomic mass is 9.94. The van der Waals surface area contributed by atoms with E-state index in [1.807, 2.05) is 0 Å². The second-order valence-corrected chi connectivity index (χ2v) is 5.36. The number of hydrogen-bond donors (Lipinski definition) is 1. The monoisotopic (exact) mass is 210 g/mol. The van der Waals surface area contributed by atoms with Crippen LogP contribution in [0.15, 0.2) is 0 Å². The molecule has 2 nitrogen and oxygen atoms in total. The Kier molecular flexibility index (Phi) is 4.45. The van der Waals surface area contributed by atoms with E-state index in [4.69, 9.17) is 5.73 Å². The van der Waals surface area contributed by atoms with Crippen molar-refractivity contribution < 1.29 is 0 Å². The molecule has 2 aliphatic rings. The molecule has 0 aromatic heterocycles. The van der Waals surface area contributed by atoms with E-state index in [1.165, 1.54) is 64.5 Å². The Balaban J connectivity index is 1.78. The Bertz CT molecular complexity index is 165. The van der Waals surface area contributed by atoms with Crippen molar-refractivity contribution in [2.24, 2.45) is 11.7 Å². The largest absolute Gasteiger partial charge is 0.330 e. The Labute approximate surface area is 94.2 Å². The summed E-state index contributed by atoms with van der Waals surface area (Å²) in [5.74, 6) is 0.812. The molecule has 2 fully saturated rings. The first-order valence-electron chi connectivity index (χ1n) is 6.84. The van der Waals surface area contributed by atoms with Gasteiger partial charge in [0.1, 0.15) is 0 Å². The van der Waals surface area contributed by atoms with Gasteiger partial charge in [-0.2, -0.15) is 0 Å². The minimum atomic E-state index is 0.812. The maximum absolute atomic E-state index is 5.73. The van der Waals surface area contributed by atoms with E-state index in [9.17, 15) is 0 Å². The summed E-state index contributed by atoms with van der Waals surface area (Å²) in [6.45, 7) is 3.53. The molecular weight excluding hydrogens is 184 g/mol. The smallest absolute Gasteiger partial charge is 0.00952 e. The summed E-state index contributed by atoms with van der Waals surface area (Å²) >= 11 is 0. The fourth-order valence-corrected chi connectivity index (χ4v) is 3.18. The molecule has 2 rings (SSSR count). The molecule has 1 saturated carbocycles. The molecule has 1 aliphatic carbocycles. The lowest BCUT2D eigenvalue weighted by Crippen LogP contribution is -2.42. The third-order valence-electron chi connectivity index (χ3n) is 4.32. The van der Waals surface area contributed by atoms with Crippen LogP contribution in [0.5, 0.6) is 0 Å². The number of piperidine rings is 1. The van der Waals surface area contributed by atoms with Crippen LogP contribution in [0.3, 0.4) is 0 Å². The van der Waals surface area contributed by atoms with Gasteiger partial charge in [0.15, 0.2) is 0 Å². The quantitative estimate of drug-likeness (QED) is 0.709. The fraction of sp³-hybridized carbons (Fsp3) is 1.00. The van der Waals surface area contributed by atoms with Crippen LogP contribution in [-0.4, -0.2) is 30.6 Å². The second-order valence-electron chi connectivity index (χ2n) is 5.36. The van der Waals surface area contributed by atoms with Crippen molar-refractivity contribution in [3.8, 4) is 0 Å². The minimum Gasteiger partial charge on any atom is -0.330 e. The van der Waals surface area contributed by atoms with E-state index in [-0.39, 0.29) is 0 Å². The van der Waals surface area contributed by atoms with Crippen molar-refractivity contribution >= 4 is 0 Å². The Hall–Kier alpha value is -0.0800. The van der Waals surface area contributed by atoms with Crippen LogP contribution in [0.2, 0.25) is 0 Å². The molecule has 1 aliphatic heterocycles. The molecule has 2 N–H and O–H groups in total. The summed E-state index contributed by atoms with van der Waals surface area (Å²) in [7, 11) is 0. The number of nitrogens with two attached hydrogens (primary N) is 1. The molecule has 0 atom stereocenters. The van der Waals surface area contributed by atoms with Crippen molar-refractivity contribution in [1.29, 1.82) is 0 Å². The third kappa shape index (κ3) is 3.18. The van der Waals surface area contributed by atoms with Crippen LogP contribution >= 0.6 is 0 Å². The van der Waals surface area contributed by atoms with E-state index in [1.54, 1.807) is 0 Å². The summed E-state index contributed by atoms with van der Waals surface area (Å²) < 4.78 is 0. The Morgan fingerprint density at radius 2 is 1.47 bits per heavy atom. The van der Waals surface area contributed by atoms with E-state index in [0.717, 1.165) is 18.5 Å². The van der Waals surface area contributed by atoms with Crippen molar-refractivity contribution in [3.63, 3.8) is 0 Å². The minimum absolute atomic E-state index is 0.812. The molecule has 1 saturated heterocycles. The van der Waals surface area contributed by atoms with Crippen molar-refractivity contribution in [1.82, 2.24) is 4.90 Å². The van der Waals surface area contributed by atoms with E-state index in [0.29, 0.717) is 0 Å². The van der Waals surface area contributed by atoms with Gasteiger partial charge >= 0.3 is 0 Å². The molecule has 0 spiro atoms. The fourth-order valence-electron chi connectivity index (χ4n) is 3.18. The second kappa shape index (κ2) is 5.86. The number of rotatable bonds is 2. The van der Waals surface area contributed by atoms with Crippen molar-refractivity contribution in [3.05, 3.63) is 0 Å². The van der Waals surface area contributed by atoms with E-state index >= 15 is 0 Å². The molecular formula is C13H26N2. The first-order valence-corrected chi connectivity index (χ1v) is 6.84. The molecule has 0 aromatic carbocycles. The predicted molar refractivity (Wildman–Crippen MR) is 64.8 cm³/mol. The lowest BCUT2D eigenvalue weighted by Gasteiger charge is -2.37. The highest BCUT2D eigenvalue weighted by molar-refractivity contribution is 4.80. The third-order valence-corrected chi connectivity index (χ3v) is 4.32. The maximum atomic E-state index is 5.73. The molecule has 0 amide bonds. The molecule has 0 aromatic rings. The first-order chi connectivity index (χ1) is 7.40. The molecule has 0 radical (unpaired) electrons. The zero-order valence-electron chi connectivity index (χ0n) is 9.96. The summed E-state index contributed by atoms with van der Waals surface area (Å²) in [6.07, 6.45) is 11.4. The van der Waals surface area contributed by atoms with Gasteiger partial charge in [0.05, 0.1) is 0 Å². The van der Waals surface area contributed by atoms with Gasteiger partial charge in [0.2, 0.25) is 0 Å². The average molecular weight is 210 g/mol. The highest BCUT2D eigenvalue weighted by Crippen LogP contribution is 2.25. The average Bonchev–Trinajstić information content (AvgIpc) is 2.58. The standard InChI is InChI=1S/C13H26N2/c14-11-12-7-9-15(10-8-12)13-5-3-1-2-4-6-13/h12-13H,1-11,14H2. The summed E-state index contributed by atoms with van der Waals surface area (Å²) in [5, 5.41) is 0. The summed E-state index contributed by atoms with van der Waals surface area (Å²) in [4.78, 5) is 2.75. The van der Waals surface area contributed by atoms with Gasteiger partial charge in [-0.3, -0.25) is 0 Å². The van der Waals surface area contributed by atoms with Crippen LogP contribution in [0, 0.1) is 5.92 Å². The zero-order chi connectivity index (χ0) is 10.5. The molecule has 0 unspecified atom stereocenters. The topological polar surface area (TPSA) is 29.3 Å². The summed E-state index contributed by atoms with van der Waals surface area (Å²) in [5.41, 5.74) is 5.73. The number of hydrogen-bond acceptors (Lipinski definition) is 2. The van der Waals surface area contributed by atoms with E-state index < -0.39 is 0 Å². The Morgan fingerprint density at radius 1 is 0.867 bits per heavy atom. The molecule has 15 heavy (non-hydrogen) atoms. The predicted octanol–water partition coefficient (Wildman–Crippen LogP) is 2.38. The molecule has 0 bridgehead atoms. The van der Waals surface area contributed by atoms with Gasteiger partial charge in [-0.25, -0.2) is 0 Å². The zero-order valence-corrected chi connectivity index (χ0v) is 9.96. The van der Waals surface area contributed by atoms with Crippen LogP contribution < -0.4 is 5.73 Å². The van der Waals surface area contributed by atoms with Gasteiger partial charge in [-0.05, 0) is 51.2 Å². The first kappa shape index (κ1) is 11.4. The van der Waals surface area contributed by atoms with Gasteiger partial charge in [0.25, 0.3) is 0 Å². The van der Waals surface area contributed by atoms with Crippen molar-refractivity contribution in [2.45, 2.75) is 57.4 Å². The highest BCUT2D eigenvalue weighted by Gasteiger charge is 2.24. The number of nitrogens with zero attached hydrogens (tertiary/aromatic N) is 1.